The summed E-state index contributed by atoms with van der Waals surface area (Å²) in [5.74, 6) is 0.755. The zero-order valence-electron chi connectivity index (χ0n) is 23.1. The van der Waals surface area contributed by atoms with Gasteiger partial charge in [0, 0.05) is 32.1 Å². The second-order valence-electron chi connectivity index (χ2n) is 9.90. The number of hydrogen-bond acceptors (Lipinski definition) is 8. The van der Waals surface area contributed by atoms with Gasteiger partial charge in [0.2, 0.25) is 0 Å². The number of nitro groups is 1. The first-order chi connectivity index (χ1) is 18.6. The summed E-state index contributed by atoms with van der Waals surface area (Å²) in [6.45, 7) is 7.06. The fourth-order valence-corrected chi connectivity index (χ4v) is 4.30. The number of Topliss-reactive ketones (excluding diaryl/α,β-unsaturated/α-hetero) is 1. The molecule has 1 saturated carbocycles. The van der Waals surface area contributed by atoms with E-state index in [1.807, 2.05) is 0 Å². The molecule has 39 heavy (non-hydrogen) atoms. The predicted octanol–water partition coefficient (Wildman–Crippen LogP) is 4.40. The van der Waals surface area contributed by atoms with Gasteiger partial charge in [0.05, 0.1) is 29.7 Å². The van der Waals surface area contributed by atoms with Gasteiger partial charge in [-0.2, -0.15) is 0 Å². The van der Waals surface area contributed by atoms with Gasteiger partial charge < -0.3 is 19.3 Å². The molecule has 2 fully saturated rings. The number of non-ortho nitro benzene ring substituents is 1. The van der Waals surface area contributed by atoms with E-state index in [0.717, 1.165) is 31.1 Å². The first-order valence-corrected chi connectivity index (χ1v) is 13.3. The van der Waals surface area contributed by atoms with Crippen LogP contribution in [0.2, 0.25) is 0 Å². The minimum absolute atomic E-state index is 0.123. The fourth-order valence-electron chi connectivity index (χ4n) is 4.30. The zero-order valence-corrected chi connectivity index (χ0v) is 23.1. The van der Waals surface area contributed by atoms with Crippen molar-refractivity contribution >= 4 is 29.9 Å². The smallest absolute Gasteiger partial charge is 0.338 e. The normalized spacial score (nSPS) is 21.5. The number of amides is 2. The number of nitro benzene ring substituents is 1. The van der Waals surface area contributed by atoms with Crippen LogP contribution in [0.5, 0.6) is 0 Å². The summed E-state index contributed by atoms with van der Waals surface area (Å²) in [4.78, 5) is 60.1. The number of esters is 1. The van der Waals surface area contributed by atoms with E-state index < -0.39 is 23.0 Å². The van der Waals surface area contributed by atoms with E-state index in [9.17, 15) is 29.3 Å². The number of ketones is 1. The van der Waals surface area contributed by atoms with Crippen molar-refractivity contribution in [3.05, 3.63) is 52.1 Å². The third-order valence-electron chi connectivity index (χ3n) is 6.80. The maximum absolute atomic E-state index is 13.0. The van der Waals surface area contributed by atoms with E-state index in [2.05, 4.69) is 23.8 Å². The Kier molecular flexibility index (Phi) is 12.6. The van der Waals surface area contributed by atoms with Crippen LogP contribution in [-0.4, -0.2) is 77.9 Å². The fraction of sp³-hybridized carbons (Fsp3) is 0.571. The average molecular weight is 546 g/mol. The van der Waals surface area contributed by atoms with Crippen LogP contribution in [0.4, 0.5) is 10.5 Å². The van der Waals surface area contributed by atoms with Gasteiger partial charge in [0.15, 0.2) is 5.78 Å². The lowest BCUT2D eigenvalue weighted by Gasteiger charge is -2.28. The summed E-state index contributed by atoms with van der Waals surface area (Å²) in [6, 6.07) is 4.22. The molecular weight excluding hydrogens is 506 g/mol. The van der Waals surface area contributed by atoms with Crippen molar-refractivity contribution in [1.29, 1.82) is 0 Å². The van der Waals surface area contributed by atoms with Crippen molar-refractivity contribution < 1.29 is 33.6 Å². The Morgan fingerprint density at radius 3 is 2.36 bits per heavy atom. The van der Waals surface area contributed by atoms with Crippen LogP contribution < -0.4 is 0 Å². The van der Waals surface area contributed by atoms with E-state index in [-0.39, 0.29) is 36.0 Å². The molecule has 1 aromatic carbocycles. The zero-order chi connectivity index (χ0) is 28.9. The highest BCUT2D eigenvalue weighted by atomic mass is 16.6. The molecule has 0 spiro atoms. The van der Waals surface area contributed by atoms with Gasteiger partial charge in [-0.05, 0) is 63.5 Å². The predicted molar refractivity (Wildman–Crippen MR) is 144 cm³/mol. The Balaban J connectivity index is 0.000000976. The number of nitrogens with zero attached hydrogens (tertiary/aromatic N) is 3. The average Bonchev–Trinajstić information content (AvgIpc) is 3.45. The molecule has 2 amide bonds. The van der Waals surface area contributed by atoms with Gasteiger partial charge >= 0.3 is 12.0 Å². The molecule has 1 heterocycles. The van der Waals surface area contributed by atoms with Crippen LogP contribution in [0, 0.1) is 22.0 Å². The molecule has 0 bridgehead atoms. The molecule has 2 aliphatic rings. The molecule has 0 radical (unpaired) electrons. The minimum atomic E-state index is -0.645. The molecule has 2 unspecified atom stereocenters. The number of allylic oxidation sites excluding steroid dienone is 2. The third kappa shape index (κ3) is 10.1. The Morgan fingerprint density at radius 1 is 1.18 bits per heavy atom. The second-order valence-corrected chi connectivity index (χ2v) is 9.90. The molecule has 214 valence electrons. The molecule has 3 rings (SSSR count). The number of hydrogen-bond donors (Lipinski definition) is 0. The molecule has 11 nitrogen and oxygen atoms in total. The second kappa shape index (κ2) is 15.6. The summed E-state index contributed by atoms with van der Waals surface area (Å²) in [6.07, 6.45) is 8.26. The maximum atomic E-state index is 13.0. The molecular formula is C28H39N3O8. The number of carbonyl (C=O) groups excluding carboxylic acids is 4. The first-order valence-electron chi connectivity index (χ1n) is 13.3. The SMILES string of the molecule is CC(=O)C1CC(OC(=O)c2ccc([N+](=O)[O-])cc2)CN1C(=O)N(C)CCCC/C=C\[C@@H]1C[C@H]1C.CCOC=O. The third-order valence-corrected chi connectivity index (χ3v) is 6.80. The lowest BCUT2D eigenvalue weighted by molar-refractivity contribution is -0.384. The lowest BCUT2D eigenvalue weighted by Crippen LogP contribution is -2.46. The van der Waals surface area contributed by atoms with E-state index in [0.29, 0.717) is 19.6 Å². The van der Waals surface area contributed by atoms with Crippen LogP contribution in [0.15, 0.2) is 36.4 Å². The standard InChI is InChI=1S/C25H33N3O6.C3H6O2/c1-17-14-20(17)8-6-4-5-7-13-26(3)25(31)27-16-22(15-23(27)18(2)29)34-24(30)19-9-11-21(12-10-19)28(32)33;1-2-5-3-4/h6,8-12,17,20,22-23H,4-5,7,13-16H2,1-3H3;3H,2H2,1H3/b8-6-;/t17-,20-,22?,23?;/m1./s1. The maximum Gasteiger partial charge on any atom is 0.338 e. The number of likely N-dealkylation sites (tertiary alicyclic amines) is 1. The summed E-state index contributed by atoms with van der Waals surface area (Å²) >= 11 is 0. The highest BCUT2D eigenvalue weighted by molar-refractivity contribution is 5.90. The van der Waals surface area contributed by atoms with Crippen molar-refractivity contribution in [2.24, 2.45) is 11.8 Å². The molecule has 1 aliphatic heterocycles. The molecule has 1 saturated heterocycles. The Hall–Kier alpha value is -3.76. The van der Waals surface area contributed by atoms with Crippen LogP contribution in [0.1, 0.15) is 63.2 Å². The van der Waals surface area contributed by atoms with Crippen molar-refractivity contribution in [1.82, 2.24) is 9.80 Å². The number of urea groups is 1. The highest BCUT2D eigenvalue weighted by Crippen LogP contribution is 2.38. The number of ether oxygens (including phenoxy) is 2. The van der Waals surface area contributed by atoms with Gasteiger partial charge in [-0.3, -0.25) is 19.7 Å². The molecule has 1 aliphatic carbocycles. The van der Waals surface area contributed by atoms with Gasteiger partial charge in [-0.15, -0.1) is 0 Å². The summed E-state index contributed by atoms with van der Waals surface area (Å²) in [5, 5.41) is 10.8. The van der Waals surface area contributed by atoms with Gasteiger partial charge in [-0.1, -0.05) is 19.1 Å². The van der Waals surface area contributed by atoms with Crippen LogP contribution in [0.25, 0.3) is 0 Å². The van der Waals surface area contributed by atoms with Crippen molar-refractivity contribution in [2.45, 2.75) is 65.0 Å². The quantitative estimate of drug-likeness (QED) is 0.0941. The Morgan fingerprint density at radius 2 is 1.85 bits per heavy atom. The van der Waals surface area contributed by atoms with Gasteiger partial charge in [0.1, 0.15) is 6.10 Å². The van der Waals surface area contributed by atoms with Crippen LogP contribution in [0.3, 0.4) is 0 Å². The number of unbranched alkanes of at least 4 members (excludes halogenated alkanes) is 2. The van der Waals surface area contributed by atoms with Crippen molar-refractivity contribution in [2.75, 3.05) is 26.7 Å². The Labute approximate surface area is 229 Å². The molecule has 1 aromatic rings. The molecule has 0 aromatic heterocycles. The minimum Gasteiger partial charge on any atom is -0.468 e. The monoisotopic (exact) mass is 545 g/mol. The molecule has 0 N–H and O–H groups in total. The van der Waals surface area contributed by atoms with Crippen molar-refractivity contribution in [3.8, 4) is 0 Å². The topological polar surface area (TPSA) is 136 Å². The summed E-state index contributed by atoms with van der Waals surface area (Å²) in [7, 11) is 1.72. The lowest BCUT2D eigenvalue weighted by atomic mass is 10.1. The van der Waals surface area contributed by atoms with Gasteiger partial charge in [0.25, 0.3) is 12.2 Å². The van der Waals surface area contributed by atoms with E-state index >= 15 is 0 Å². The van der Waals surface area contributed by atoms with Gasteiger partial charge in [-0.25, -0.2) is 9.59 Å². The number of carbonyl (C=O) groups is 4. The first kappa shape index (κ1) is 31.5. The van der Waals surface area contributed by atoms with Crippen LogP contribution in [-0.2, 0) is 19.1 Å². The van der Waals surface area contributed by atoms with E-state index in [4.69, 9.17) is 4.74 Å². The summed E-state index contributed by atoms with van der Waals surface area (Å²) < 4.78 is 9.67. The highest BCUT2D eigenvalue weighted by Gasteiger charge is 2.40. The molecule has 11 heteroatoms. The van der Waals surface area contributed by atoms with E-state index in [1.165, 1.54) is 42.5 Å². The largest absolute Gasteiger partial charge is 0.468 e. The number of rotatable bonds is 12. The van der Waals surface area contributed by atoms with E-state index in [1.54, 1.807) is 18.9 Å². The Bertz CT molecular complexity index is 1030. The summed E-state index contributed by atoms with van der Waals surface area (Å²) in [5.41, 5.74) is 0.0551. The molecule has 4 atom stereocenters. The van der Waals surface area contributed by atoms with Crippen molar-refractivity contribution in [3.63, 3.8) is 0 Å². The van der Waals surface area contributed by atoms with Crippen LogP contribution >= 0.6 is 0 Å². The number of benzene rings is 1.